The summed E-state index contributed by atoms with van der Waals surface area (Å²) in [6.45, 7) is 14.4. The van der Waals surface area contributed by atoms with Crippen molar-refractivity contribution in [3.05, 3.63) is 37.2 Å². The van der Waals surface area contributed by atoms with Crippen LogP contribution in [0.4, 0.5) is 0 Å². The number of thioether (sulfide) groups is 1. The van der Waals surface area contributed by atoms with Crippen molar-refractivity contribution in [2.75, 3.05) is 25.4 Å². The number of carbonyl (C=O) groups is 3. The van der Waals surface area contributed by atoms with Crippen LogP contribution in [0.5, 0.6) is 0 Å². The molecule has 0 radical (unpaired) electrons. The van der Waals surface area contributed by atoms with Crippen LogP contribution in [0, 0.1) is 39.9 Å². The van der Waals surface area contributed by atoms with Crippen LogP contribution in [0.15, 0.2) is 42.1 Å². The van der Waals surface area contributed by atoms with Crippen LogP contribution in [0.1, 0.15) is 72.6 Å². The van der Waals surface area contributed by atoms with Gasteiger partial charge in [0.05, 0.1) is 11.9 Å². The average Bonchev–Trinajstić information content (AvgIpc) is 3.38. The van der Waals surface area contributed by atoms with Gasteiger partial charge in [0.25, 0.3) is 5.91 Å². The largest absolute Gasteiger partial charge is 0.461 e. The Morgan fingerprint density at radius 1 is 1.16 bits per heavy atom. The third-order valence-corrected chi connectivity index (χ3v) is 13.3. The van der Waals surface area contributed by atoms with Gasteiger partial charge in [-0.15, -0.1) is 18.3 Å². The lowest BCUT2D eigenvalue weighted by Gasteiger charge is -2.61. The van der Waals surface area contributed by atoms with Gasteiger partial charge in [0.1, 0.15) is 11.9 Å². The first kappa shape index (κ1) is 33.1. The molecule has 0 aromatic carbocycles. The number of hydrogen-bond acceptors (Lipinski definition) is 7. The number of pyridine rings is 1. The maximum absolute atomic E-state index is 13.6. The van der Waals surface area contributed by atoms with E-state index in [4.69, 9.17) is 4.74 Å². The summed E-state index contributed by atoms with van der Waals surface area (Å²) in [4.78, 5) is 42.6. The second kappa shape index (κ2) is 12.9. The molecule has 1 aromatic heterocycles. The Hall–Kier alpha value is -2.23. The molecule has 0 spiro atoms. The zero-order chi connectivity index (χ0) is 31.9. The highest BCUT2D eigenvalue weighted by molar-refractivity contribution is 8.00. The average molecular weight is 628 g/mol. The molecule has 1 amide bonds. The fraction of sp³-hybridized carbons (Fsp3) is 0.714. The maximum Gasteiger partial charge on any atom is 0.316 e. The fourth-order valence-corrected chi connectivity index (χ4v) is 9.77. The van der Waals surface area contributed by atoms with Crippen molar-refractivity contribution in [1.29, 1.82) is 0 Å². The highest BCUT2D eigenvalue weighted by Crippen LogP contribution is 2.68. The number of likely N-dealkylation sites (tertiary alicyclic amines) is 1. The van der Waals surface area contributed by atoms with Gasteiger partial charge < -0.3 is 19.8 Å². The Kier molecular flexibility index (Phi) is 9.70. The number of rotatable bonds is 8. The van der Waals surface area contributed by atoms with E-state index in [2.05, 4.69) is 27.4 Å². The van der Waals surface area contributed by atoms with Gasteiger partial charge in [0, 0.05) is 59.9 Å². The second-order valence-electron chi connectivity index (χ2n) is 14.6. The quantitative estimate of drug-likeness (QED) is 0.193. The molecule has 4 aliphatic rings. The molecule has 8 nitrogen and oxygen atoms in total. The first-order valence-corrected chi connectivity index (χ1v) is 17.4. The van der Waals surface area contributed by atoms with Crippen LogP contribution in [-0.4, -0.2) is 70.4 Å². The summed E-state index contributed by atoms with van der Waals surface area (Å²) in [6, 6.07) is 3.81. The highest BCUT2D eigenvalue weighted by Gasteiger charge is 2.68. The lowest BCUT2D eigenvalue weighted by Crippen LogP contribution is -2.63. The second-order valence-corrected chi connectivity index (χ2v) is 15.6. The van der Waals surface area contributed by atoms with Crippen molar-refractivity contribution in [3.8, 4) is 0 Å². The highest BCUT2D eigenvalue weighted by atomic mass is 32.2. The first-order chi connectivity index (χ1) is 20.9. The Balaban J connectivity index is 1.26. The van der Waals surface area contributed by atoms with E-state index in [0.717, 1.165) is 37.0 Å². The molecular weight excluding hydrogens is 576 g/mol. The third kappa shape index (κ3) is 5.89. The van der Waals surface area contributed by atoms with E-state index in [1.54, 1.807) is 0 Å². The zero-order valence-corrected chi connectivity index (χ0v) is 27.7. The van der Waals surface area contributed by atoms with Gasteiger partial charge in [0.15, 0.2) is 12.4 Å². The van der Waals surface area contributed by atoms with E-state index in [0.29, 0.717) is 25.9 Å². The summed E-state index contributed by atoms with van der Waals surface area (Å²) in [5.41, 5.74) is -1.47. The number of hydrogen-bond donors (Lipinski definition) is 2. The molecule has 3 aliphatic carbocycles. The summed E-state index contributed by atoms with van der Waals surface area (Å²) in [5, 5.41) is 21.0. The molecule has 3 saturated carbocycles. The van der Waals surface area contributed by atoms with Crippen molar-refractivity contribution < 1.29 is 33.9 Å². The maximum atomic E-state index is 13.6. The molecule has 1 aliphatic heterocycles. The monoisotopic (exact) mass is 627 g/mol. The minimum atomic E-state index is -0.683. The number of carbonyl (C=O) groups excluding carboxylic acids is 3. The molecule has 2 N–H and O–H groups in total. The van der Waals surface area contributed by atoms with Crippen molar-refractivity contribution in [2.45, 2.75) is 96.3 Å². The molecule has 9 heteroatoms. The van der Waals surface area contributed by atoms with Gasteiger partial charge in [-0.2, -0.15) is 4.57 Å². The summed E-state index contributed by atoms with van der Waals surface area (Å²) in [5.74, 6) is 0.290. The lowest BCUT2D eigenvalue weighted by molar-refractivity contribution is -0.685. The van der Waals surface area contributed by atoms with Crippen LogP contribution in [0.3, 0.4) is 0 Å². The van der Waals surface area contributed by atoms with Crippen molar-refractivity contribution in [1.82, 2.24) is 4.90 Å². The number of aliphatic hydroxyl groups is 2. The lowest BCUT2D eigenvalue weighted by atomic mass is 9.44. The van der Waals surface area contributed by atoms with Crippen LogP contribution in [-0.2, 0) is 25.7 Å². The molecule has 5 rings (SSSR count). The molecule has 44 heavy (non-hydrogen) atoms. The zero-order valence-electron chi connectivity index (χ0n) is 26.9. The topological polar surface area (TPSA) is 108 Å². The Bertz CT molecular complexity index is 1250. The number of aromatic nitrogens is 1. The van der Waals surface area contributed by atoms with Gasteiger partial charge in [-0.05, 0) is 61.7 Å². The van der Waals surface area contributed by atoms with Gasteiger partial charge >= 0.3 is 5.97 Å². The Labute approximate surface area is 266 Å². The van der Waals surface area contributed by atoms with Gasteiger partial charge in [-0.3, -0.25) is 14.4 Å². The first-order valence-electron chi connectivity index (χ1n) is 16.4. The molecule has 242 valence electrons. The Morgan fingerprint density at radius 3 is 2.48 bits per heavy atom. The summed E-state index contributed by atoms with van der Waals surface area (Å²) >= 11 is 1.39. The van der Waals surface area contributed by atoms with E-state index in [1.807, 2.05) is 47.0 Å². The van der Waals surface area contributed by atoms with E-state index < -0.39 is 23.0 Å². The van der Waals surface area contributed by atoms with E-state index in [1.165, 1.54) is 11.8 Å². The molecule has 1 saturated heterocycles. The van der Waals surface area contributed by atoms with Gasteiger partial charge in [-0.1, -0.05) is 33.8 Å². The van der Waals surface area contributed by atoms with Crippen LogP contribution < -0.4 is 4.57 Å². The number of amides is 1. The van der Waals surface area contributed by atoms with Crippen molar-refractivity contribution in [3.63, 3.8) is 0 Å². The number of piperidine rings is 1. The van der Waals surface area contributed by atoms with Crippen LogP contribution in [0.2, 0.25) is 0 Å². The molecule has 8 atom stereocenters. The number of esters is 1. The predicted octanol–water partition coefficient (Wildman–Crippen LogP) is 4.20. The van der Waals surface area contributed by atoms with Crippen LogP contribution >= 0.6 is 11.8 Å². The number of aliphatic hydroxyl groups excluding tert-OH is 2. The summed E-state index contributed by atoms with van der Waals surface area (Å²) in [6.07, 6.45) is 9.58. The van der Waals surface area contributed by atoms with E-state index in [9.17, 15) is 24.6 Å². The smallest absolute Gasteiger partial charge is 0.316 e. The van der Waals surface area contributed by atoms with Gasteiger partial charge in [-0.25, -0.2) is 0 Å². The van der Waals surface area contributed by atoms with E-state index in [-0.39, 0.29) is 65.7 Å². The standard InChI is InChI=1S/C35H51N2O6S/c1-6-33(4)19-28(34(5)23(2)7-13-35(24(3)32(33)42)14-8-27(39)31(34)35)43-30(41)22-44-26-11-15-36(16-12-26)20-29(40)37-17-9-25(21-38)10-18-37/h6,11-12,15-16,23-25,28,31-32,38,42H,1,7-10,13-14,17-22H2,2-5H3/q+1/t23-,24+,28-,31+,32+,33-,34+,35+/m1/s1. The fourth-order valence-electron chi connectivity index (χ4n) is 9.10. The SMILES string of the molecule is C=C[C@]1(C)C[C@@H](OC(=O)CSc2cc[n+](CC(=O)N3CCC(CO)CC3)cc2)[C@]2(C)[C@H](C)CC[C@]3(CCC(=O)[C@H]32)[C@@H](C)[C@@H]1O. The minimum absolute atomic E-state index is 0.0596. The predicted molar refractivity (Wildman–Crippen MR) is 168 cm³/mol. The van der Waals surface area contributed by atoms with E-state index >= 15 is 0 Å². The van der Waals surface area contributed by atoms with Crippen LogP contribution in [0.25, 0.3) is 0 Å². The Morgan fingerprint density at radius 2 is 1.84 bits per heavy atom. The van der Waals surface area contributed by atoms with Crippen molar-refractivity contribution in [2.24, 2.45) is 39.9 Å². The molecular formula is C35H51N2O6S+. The molecule has 2 bridgehead atoms. The molecule has 1 aromatic rings. The summed E-state index contributed by atoms with van der Waals surface area (Å²) in [7, 11) is 0. The number of ether oxygens (including phenoxy) is 1. The summed E-state index contributed by atoms with van der Waals surface area (Å²) < 4.78 is 8.20. The third-order valence-electron chi connectivity index (χ3n) is 12.3. The number of nitrogens with zero attached hydrogens (tertiary/aromatic N) is 2. The number of Topliss-reactive ketones (excluding diaryl/α,β-unsaturated/α-hetero) is 1. The number of ketones is 1. The minimum Gasteiger partial charge on any atom is -0.461 e. The normalized spacial score (nSPS) is 37.5. The molecule has 4 fully saturated rings. The molecule has 0 unspecified atom stereocenters. The molecule has 2 heterocycles. The van der Waals surface area contributed by atoms with Gasteiger partial charge in [0.2, 0.25) is 6.54 Å². The van der Waals surface area contributed by atoms with Crippen molar-refractivity contribution >= 4 is 29.4 Å².